The van der Waals surface area contributed by atoms with E-state index in [1.165, 1.54) is 0 Å². The third-order valence-corrected chi connectivity index (χ3v) is 4.29. The first-order chi connectivity index (χ1) is 9.31. The van der Waals surface area contributed by atoms with Gasteiger partial charge in [0.05, 0.1) is 21.9 Å². The second-order valence-electron chi connectivity index (χ2n) is 4.91. The molecule has 1 atom stereocenters. The Morgan fingerprint density at radius 1 is 1.35 bits per heavy atom. The molecule has 7 heteroatoms. The number of hydrogen-bond donors (Lipinski definition) is 1. The van der Waals surface area contributed by atoms with Crippen molar-refractivity contribution in [3.05, 3.63) is 33.3 Å². The summed E-state index contributed by atoms with van der Waals surface area (Å²) in [5.74, 6) is -0.198. The van der Waals surface area contributed by atoms with E-state index in [0.717, 1.165) is 21.4 Å². The number of halogens is 1. The van der Waals surface area contributed by atoms with Crippen molar-refractivity contribution in [2.75, 3.05) is 0 Å². The molecule has 0 saturated carbocycles. The van der Waals surface area contributed by atoms with Gasteiger partial charge in [-0.25, -0.2) is 0 Å². The lowest BCUT2D eigenvalue weighted by atomic mass is 10.1. The quantitative estimate of drug-likeness (QED) is 0.930. The summed E-state index contributed by atoms with van der Waals surface area (Å²) in [5.41, 5.74) is 3.24. The minimum Gasteiger partial charge on any atom is -0.344 e. The fourth-order valence-corrected chi connectivity index (χ4v) is 2.63. The van der Waals surface area contributed by atoms with Crippen LogP contribution >= 0.6 is 15.9 Å². The van der Waals surface area contributed by atoms with Crippen molar-refractivity contribution in [2.24, 2.45) is 14.1 Å². The molecule has 20 heavy (non-hydrogen) atoms. The van der Waals surface area contributed by atoms with Crippen LogP contribution in [0.5, 0.6) is 0 Å². The number of carbonyl (C=O) groups excluding carboxylic acids is 1. The molecule has 2 heterocycles. The average Bonchev–Trinajstić information content (AvgIpc) is 2.83. The maximum absolute atomic E-state index is 12.3. The van der Waals surface area contributed by atoms with Crippen LogP contribution in [0.15, 0.2) is 10.7 Å². The molecule has 0 saturated heterocycles. The standard InChI is InChI=1S/C13H18BrN5O/c1-7(10-6-18(4)16-8(10)2)15-13(20)12-11(14)9(3)19(5)17-12/h6-7H,1-5H3,(H,15,20). The lowest BCUT2D eigenvalue weighted by Gasteiger charge is -2.12. The number of aryl methyl sites for hydroxylation is 3. The predicted molar refractivity (Wildman–Crippen MR) is 79.5 cm³/mol. The van der Waals surface area contributed by atoms with E-state index in [0.29, 0.717) is 5.69 Å². The van der Waals surface area contributed by atoms with Crippen molar-refractivity contribution in [2.45, 2.75) is 26.8 Å². The molecular formula is C13H18BrN5O. The second kappa shape index (κ2) is 5.40. The highest BCUT2D eigenvalue weighted by atomic mass is 79.9. The first-order valence-corrected chi connectivity index (χ1v) is 7.10. The minimum absolute atomic E-state index is 0.120. The summed E-state index contributed by atoms with van der Waals surface area (Å²) < 4.78 is 4.15. The van der Waals surface area contributed by atoms with E-state index >= 15 is 0 Å². The molecule has 1 amide bonds. The smallest absolute Gasteiger partial charge is 0.273 e. The van der Waals surface area contributed by atoms with Gasteiger partial charge < -0.3 is 5.32 Å². The van der Waals surface area contributed by atoms with E-state index in [1.807, 2.05) is 41.1 Å². The number of nitrogens with zero attached hydrogens (tertiary/aromatic N) is 4. The maximum atomic E-state index is 12.3. The largest absolute Gasteiger partial charge is 0.344 e. The Morgan fingerprint density at radius 2 is 2.00 bits per heavy atom. The molecule has 0 bridgehead atoms. The fraction of sp³-hybridized carbons (Fsp3) is 0.462. The highest BCUT2D eigenvalue weighted by Gasteiger charge is 2.21. The SMILES string of the molecule is Cc1nn(C)cc1C(C)NC(=O)c1nn(C)c(C)c1Br. The Kier molecular flexibility index (Phi) is 3.99. The molecule has 2 aromatic rings. The van der Waals surface area contributed by atoms with Gasteiger partial charge in [0.2, 0.25) is 0 Å². The van der Waals surface area contributed by atoms with E-state index in [9.17, 15) is 4.79 Å². The summed E-state index contributed by atoms with van der Waals surface area (Å²) in [6, 6.07) is -0.120. The topological polar surface area (TPSA) is 64.7 Å². The maximum Gasteiger partial charge on any atom is 0.273 e. The number of rotatable bonds is 3. The molecule has 0 aliphatic heterocycles. The van der Waals surface area contributed by atoms with Gasteiger partial charge in [-0.1, -0.05) is 0 Å². The highest BCUT2D eigenvalue weighted by molar-refractivity contribution is 9.10. The zero-order valence-corrected chi connectivity index (χ0v) is 13.8. The van der Waals surface area contributed by atoms with Crippen molar-refractivity contribution in [3.8, 4) is 0 Å². The van der Waals surface area contributed by atoms with Crippen LogP contribution in [0.2, 0.25) is 0 Å². The second-order valence-corrected chi connectivity index (χ2v) is 5.70. The van der Waals surface area contributed by atoms with Gasteiger partial charge in [0.15, 0.2) is 5.69 Å². The number of carbonyl (C=O) groups is 1. The predicted octanol–water partition coefficient (Wildman–Crippen LogP) is 2.02. The van der Waals surface area contributed by atoms with Gasteiger partial charge in [-0.15, -0.1) is 0 Å². The zero-order valence-electron chi connectivity index (χ0n) is 12.2. The summed E-state index contributed by atoms with van der Waals surface area (Å²) >= 11 is 3.41. The molecule has 0 aromatic carbocycles. The van der Waals surface area contributed by atoms with Crippen molar-refractivity contribution in [1.82, 2.24) is 24.9 Å². The summed E-state index contributed by atoms with van der Waals surface area (Å²) in [6.07, 6.45) is 1.92. The Bertz CT molecular complexity index is 658. The Hall–Kier alpha value is -1.63. The van der Waals surface area contributed by atoms with E-state index in [4.69, 9.17) is 0 Å². The molecule has 108 valence electrons. The van der Waals surface area contributed by atoms with Crippen LogP contribution in [0.1, 0.15) is 40.4 Å². The van der Waals surface area contributed by atoms with Gasteiger partial charge in [-0.05, 0) is 36.7 Å². The average molecular weight is 340 g/mol. The molecule has 6 nitrogen and oxygen atoms in total. The molecule has 0 fully saturated rings. The van der Waals surface area contributed by atoms with Crippen molar-refractivity contribution in [3.63, 3.8) is 0 Å². The van der Waals surface area contributed by atoms with Crippen molar-refractivity contribution in [1.29, 1.82) is 0 Å². The van der Waals surface area contributed by atoms with Crippen LogP contribution in [-0.4, -0.2) is 25.5 Å². The van der Waals surface area contributed by atoms with E-state index in [-0.39, 0.29) is 11.9 Å². The summed E-state index contributed by atoms with van der Waals surface area (Å²) in [6.45, 7) is 5.77. The minimum atomic E-state index is -0.198. The molecule has 2 aromatic heterocycles. The van der Waals surface area contributed by atoms with Crippen LogP contribution in [-0.2, 0) is 14.1 Å². The molecule has 0 radical (unpaired) electrons. The number of hydrogen-bond acceptors (Lipinski definition) is 3. The van der Waals surface area contributed by atoms with Gasteiger partial charge >= 0.3 is 0 Å². The van der Waals surface area contributed by atoms with Crippen LogP contribution < -0.4 is 5.32 Å². The van der Waals surface area contributed by atoms with Crippen LogP contribution in [0, 0.1) is 13.8 Å². The van der Waals surface area contributed by atoms with Gasteiger partial charge in [-0.3, -0.25) is 14.2 Å². The first-order valence-electron chi connectivity index (χ1n) is 6.31. The number of aromatic nitrogens is 4. The zero-order chi connectivity index (χ0) is 15.0. The normalized spacial score (nSPS) is 12.5. The van der Waals surface area contributed by atoms with Gasteiger partial charge in [0, 0.05) is 25.9 Å². The lowest BCUT2D eigenvalue weighted by Crippen LogP contribution is -2.27. The number of nitrogens with one attached hydrogen (secondary N) is 1. The Balaban J connectivity index is 2.19. The summed E-state index contributed by atoms with van der Waals surface area (Å²) in [7, 11) is 3.68. The van der Waals surface area contributed by atoms with E-state index in [2.05, 4.69) is 31.4 Å². The van der Waals surface area contributed by atoms with Crippen LogP contribution in [0.4, 0.5) is 0 Å². The van der Waals surface area contributed by atoms with Gasteiger partial charge in [0.1, 0.15) is 0 Å². The molecule has 1 unspecified atom stereocenters. The third kappa shape index (κ3) is 2.63. The molecule has 1 N–H and O–H groups in total. The molecule has 0 aliphatic rings. The Labute approximate surface area is 126 Å². The van der Waals surface area contributed by atoms with Crippen molar-refractivity contribution >= 4 is 21.8 Å². The monoisotopic (exact) mass is 339 g/mol. The first kappa shape index (κ1) is 14.8. The van der Waals surface area contributed by atoms with E-state index in [1.54, 1.807) is 9.36 Å². The summed E-state index contributed by atoms with van der Waals surface area (Å²) in [5, 5.41) is 11.5. The third-order valence-electron chi connectivity index (χ3n) is 3.34. The highest BCUT2D eigenvalue weighted by Crippen LogP contribution is 2.21. The Morgan fingerprint density at radius 3 is 2.45 bits per heavy atom. The molecular weight excluding hydrogens is 322 g/mol. The van der Waals surface area contributed by atoms with E-state index < -0.39 is 0 Å². The molecule has 2 rings (SSSR count). The molecule has 0 aliphatic carbocycles. The van der Waals surface area contributed by atoms with Gasteiger partial charge in [0.25, 0.3) is 5.91 Å². The van der Waals surface area contributed by atoms with Crippen LogP contribution in [0.25, 0.3) is 0 Å². The van der Waals surface area contributed by atoms with Crippen LogP contribution in [0.3, 0.4) is 0 Å². The van der Waals surface area contributed by atoms with Crippen molar-refractivity contribution < 1.29 is 4.79 Å². The summed E-state index contributed by atoms with van der Waals surface area (Å²) in [4.78, 5) is 12.3. The fourth-order valence-electron chi connectivity index (χ4n) is 2.11. The molecule has 0 spiro atoms. The number of amides is 1. The lowest BCUT2D eigenvalue weighted by molar-refractivity contribution is 0.0933. The van der Waals surface area contributed by atoms with Gasteiger partial charge in [-0.2, -0.15) is 10.2 Å².